The summed E-state index contributed by atoms with van der Waals surface area (Å²) in [5.41, 5.74) is 1.83. The molecule has 0 unspecified atom stereocenters. The second-order valence-corrected chi connectivity index (χ2v) is 9.35. The van der Waals surface area contributed by atoms with E-state index in [1.165, 1.54) is 0 Å². The van der Waals surface area contributed by atoms with Crippen molar-refractivity contribution >= 4 is 15.6 Å². The van der Waals surface area contributed by atoms with Gasteiger partial charge in [-0.05, 0) is 48.2 Å². The number of phosphoric acid groups is 2. The second-order valence-electron chi connectivity index (χ2n) is 6.17. The summed E-state index contributed by atoms with van der Waals surface area (Å²) in [6, 6.07) is 14.1. The molecule has 28 heavy (non-hydrogen) atoms. The Morgan fingerprint density at radius 1 is 0.571 bits per heavy atom. The van der Waals surface area contributed by atoms with Crippen molar-refractivity contribution in [2.45, 2.75) is 12.8 Å². The number of rotatable bonds is 5. The van der Waals surface area contributed by atoms with E-state index in [0.29, 0.717) is 50.8 Å². The minimum atomic E-state index is -3.52. The summed E-state index contributed by atoms with van der Waals surface area (Å²) in [5.74, 6) is 0.803. The van der Waals surface area contributed by atoms with Crippen LogP contribution in [0.4, 0.5) is 0 Å². The largest absolute Gasteiger partial charge is 0.530 e. The molecule has 2 aromatic carbocycles. The van der Waals surface area contributed by atoms with Gasteiger partial charge in [-0.25, -0.2) is 9.13 Å². The molecule has 2 heterocycles. The van der Waals surface area contributed by atoms with Gasteiger partial charge in [0.25, 0.3) is 0 Å². The molecule has 150 valence electrons. The lowest BCUT2D eigenvalue weighted by molar-refractivity contribution is 0.106. The first kappa shape index (κ1) is 19.6. The zero-order chi connectivity index (χ0) is 19.5. The van der Waals surface area contributed by atoms with Crippen LogP contribution in [0.5, 0.6) is 11.5 Å². The minimum Gasteiger partial charge on any atom is -0.404 e. The maximum Gasteiger partial charge on any atom is 0.530 e. The molecular weight excluding hydrogens is 406 g/mol. The Labute approximate surface area is 162 Å². The van der Waals surface area contributed by atoms with Gasteiger partial charge in [0.1, 0.15) is 11.5 Å². The van der Waals surface area contributed by atoms with Crippen molar-refractivity contribution in [3.63, 3.8) is 0 Å². The zero-order valence-corrected chi connectivity index (χ0v) is 16.8. The highest BCUT2D eigenvalue weighted by atomic mass is 31.2. The minimum absolute atomic E-state index is 0.354. The van der Waals surface area contributed by atoms with E-state index >= 15 is 0 Å². The molecule has 0 spiro atoms. The van der Waals surface area contributed by atoms with Crippen LogP contribution in [0.3, 0.4) is 0 Å². The molecule has 4 rings (SSSR count). The summed E-state index contributed by atoms with van der Waals surface area (Å²) in [7, 11) is -7.04. The lowest BCUT2D eigenvalue weighted by Gasteiger charge is -2.22. The molecule has 2 aromatic rings. The molecule has 2 saturated heterocycles. The Bertz CT molecular complexity index is 801. The van der Waals surface area contributed by atoms with Gasteiger partial charge in [-0.1, -0.05) is 24.3 Å². The first-order valence-corrected chi connectivity index (χ1v) is 11.8. The van der Waals surface area contributed by atoms with E-state index in [1.54, 1.807) is 24.3 Å². The molecule has 2 aliphatic heterocycles. The summed E-state index contributed by atoms with van der Waals surface area (Å²) < 4.78 is 55.8. The average Bonchev–Trinajstić information content (AvgIpc) is 2.70. The van der Waals surface area contributed by atoms with Crippen molar-refractivity contribution in [2.24, 2.45) is 0 Å². The summed E-state index contributed by atoms with van der Waals surface area (Å²) in [4.78, 5) is 0. The van der Waals surface area contributed by atoms with Gasteiger partial charge >= 0.3 is 15.6 Å². The number of hydrogen-bond acceptors (Lipinski definition) is 8. The maximum atomic E-state index is 12.3. The molecule has 0 bridgehead atoms. The highest BCUT2D eigenvalue weighted by Crippen LogP contribution is 2.52. The molecule has 0 aliphatic carbocycles. The summed E-state index contributed by atoms with van der Waals surface area (Å²) in [6.07, 6.45) is 1.39. The van der Waals surface area contributed by atoms with E-state index in [4.69, 9.17) is 27.1 Å². The Hall–Kier alpha value is -1.66. The number of phosphoric ester groups is 2. The molecule has 0 radical (unpaired) electrons. The van der Waals surface area contributed by atoms with E-state index < -0.39 is 15.6 Å². The van der Waals surface area contributed by atoms with E-state index in [9.17, 15) is 9.13 Å². The third-order valence-electron chi connectivity index (χ3n) is 4.05. The van der Waals surface area contributed by atoms with Crippen LogP contribution in [-0.2, 0) is 27.2 Å². The summed E-state index contributed by atoms with van der Waals surface area (Å²) >= 11 is 0. The van der Waals surface area contributed by atoms with Gasteiger partial charge in [0.15, 0.2) is 0 Å². The van der Waals surface area contributed by atoms with Crippen molar-refractivity contribution in [3.05, 3.63) is 48.5 Å². The maximum absolute atomic E-state index is 12.3. The van der Waals surface area contributed by atoms with Crippen LogP contribution in [0.25, 0.3) is 11.1 Å². The van der Waals surface area contributed by atoms with Crippen LogP contribution in [0.15, 0.2) is 48.5 Å². The van der Waals surface area contributed by atoms with Crippen LogP contribution in [0.1, 0.15) is 12.8 Å². The van der Waals surface area contributed by atoms with E-state index in [2.05, 4.69) is 0 Å². The smallest absolute Gasteiger partial charge is 0.404 e. The van der Waals surface area contributed by atoms with Gasteiger partial charge in [-0.2, -0.15) is 0 Å². The van der Waals surface area contributed by atoms with Crippen LogP contribution in [-0.4, -0.2) is 26.4 Å². The molecule has 2 fully saturated rings. The molecule has 10 heteroatoms. The van der Waals surface area contributed by atoms with Gasteiger partial charge in [0.2, 0.25) is 0 Å². The van der Waals surface area contributed by atoms with Crippen LogP contribution < -0.4 is 9.05 Å². The predicted octanol–water partition coefficient (Wildman–Crippen LogP) is 5.20. The zero-order valence-electron chi connectivity index (χ0n) is 15.0. The normalized spacial score (nSPS) is 21.0. The van der Waals surface area contributed by atoms with E-state index in [0.717, 1.165) is 11.1 Å². The Kier molecular flexibility index (Phi) is 5.88. The number of hydrogen-bond donors (Lipinski definition) is 0. The van der Waals surface area contributed by atoms with Crippen LogP contribution >= 0.6 is 15.6 Å². The first-order valence-electron chi connectivity index (χ1n) is 8.92. The molecule has 0 amide bonds. The fourth-order valence-electron chi connectivity index (χ4n) is 2.68. The van der Waals surface area contributed by atoms with Crippen molar-refractivity contribution in [1.82, 2.24) is 0 Å². The van der Waals surface area contributed by atoms with Gasteiger partial charge in [0, 0.05) is 0 Å². The molecule has 0 saturated carbocycles. The van der Waals surface area contributed by atoms with Crippen molar-refractivity contribution in [2.75, 3.05) is 26.4 Å². The fourth-order valence-corrected chi connectivity index (χ4v) is 5.21. The lowest BCUT2D eigenvalue weighted by Crippen LogP contribution is -2.11. The first-order chi connectivity index (χ1) is 13.5. The quantitative estimate of drug-likeness (QED) is 0.603. The Morgan fingerprint density at radius 2 is 0.893 bits per heavy atom. The standard InChI is InChI=1S/C18H20O8P2/c19-27(21-11-1-12-22-27)25-17-7-3-15(4-8-17)16-5-9-18(10-6-16)26-28(20)23-13-2-14-24-28/h3-10H,1-2,11-14H2. The van der Waals surface area contributed by atoms with Crippen LogP contribution in [0.2, 0.25) is 0 Å². The number of benzene rings is 2. The fraction of sp³-hybridized carbons (Fsp3) is 0.333. The van der Waals surface area contributed by atoms with Crippen molar-refractivity contribution < 1.29 is 36.3 Å². The topological polar surface area (TPSA) is 89.5 Å². The second kappa shape index (κ2) is 8.37. The van der Waals surface area contributed by atoms with Gasteiger partial charge in [-0.3, -0.25) is 18.1 Å². The monoisotopic (exact) mass is 426 g/mol. The third-order valence-corrected chi connectivity index (χ3v) is 6.92. The Balaban J connectivity index is 1.41. The van der Waals surface area contributed by atoms with E-state index in [1.807, 2.05) is 24.3 Å². The van der Waals surface area contributed by atoms with Gasteiger partial charge < -0.3 is 9.05 Å². The summed E-state index contributed by atoms with van der Waals surface area (Å²) in [5, 5.41) is 0. The summed E-state index contributed by atoms with van der Waals surface area (Å²) in [6.45, 7) is 1.42. The van der Waals surface area contributed by atoms with Crippen molar-refractivity contribution in [1.29, 1.82) is 0 Å². The van der Waals surface area contributed by atoms with E-state index in [-0.39, 0.29) is 0 Å². The molecular formula is C18H20O8P2. The van der Waals surface area contributed by atoms with Crippen LogP contribution in [0, 0.1) is 0 Å². The van der Waals surface area contributed by atoms with Gasteiger partial charge in [-0.15, -0.1) is 0 Å². The highest BCUT2D eigenvalue weighted by Gasteiger charge is 2.32. The predicted molar refractivity (Wildman–Crippen MR) is 101 cm³/mol. The highest BCUT2D eigenvalue weighted by molar-refractivity contribution is 7.49. The molecule has 8 nitrogen and oxygen atoms in total. The molecule has 2 aliphatic rings. The molecule has 0 atom stereocenters. The SMILES string of the molecule is O=P1(Oc2ccc(-c3ccc(OP4(=O)OCCCO4)cc3)cc2)OCCCO1. The van der Waals surface area contributed by atoms with Crippen molar-refractivity contribution in [3.8, 4) is 22.6 Å². The third kappa shape index (κ3) is 4.84. The molecule has 0 aromatic heterocycles. The average molecular weight is 426 g/mol. The van der Waals surface area contributed by atoms with Gasteiger partial charge in [0.05, 0.1) is 26.4 Å². The Morgan fingerprint density at radius 3 is 1.21 bits per heavy atom. The lowest BCUT2D eigenvalue weighted by atomic mass is 10.1. The molecule has 0 N–H and O–H groups in total.